The van der Waals surface area contributed by atoms with Gasteiger partial charge < -0.3 is 15.5 Å². The number of piperidine rings is 1. The zero-order chi connectivity index (χ0) is 10.5. The molecule has 2 aliphatic rings. The first kappa shape index (κ1) is 11.7. The summed E-state index contributed by atoms with van der Waals surface area (Å²) in [5.41, 5.74) is 5.98. The summed E-state index contributed by atoms with van der Waals surface area (Å²) < 4.78 is 0. The maximum atomic E-state index is 5.98. The monoisotopic (exact) mass is 229 g/mol. The molecule has 2 heterocycles. The third-order valence-corrected chi connectivity index (χ3v) is 4.32. The van der Waals surface area contributed by atoms with Crippen molar-refractivity contribution in [3.8, 4) is 0 Å². The Hall–Kier alpha value is 0.230. The molecule has 0 radical (unpaired) electrons. The molecule has 3 nitrogen and oxygen atoms in total. The Labute approximate surface area is 97.4 Å². The van der Waals surface area contributed by atoms with Crippen LogP contribution in [0, 0.1) is 0 Å². The van der Waals surface area contributed by atoms with Crippen LogP contribution in [0.15, 0.2) is 0 Å². The van der Waals surface area contributed by atoms with Gasteiger partial charge in [-0.15, -0.1) is 0 Å². The first-order chi connectivity index (χ1) is 7.34. The molecule has 88 valence electrons. The van der Waals surface area contributed by atoms with Gasteiger partial charge in [0.1, 0.15) is 0 Å². The van der Waals surface area contributed by atoms with Gasteiger partial charge in [-0.2, -0.15) is 11.8 Å². The lowest BCUT2D eigenvalue weighted by Gasteiger charge is -2.33. The van der Waals surface area contributed by atoms with Crippen LogP contribution in [-0.2, 0) is 0 Å². The summed E-state index contributed by atoms with van der Waals surface area (Å²) in [7, 11) is 0. The van der Waals surface area contributed by atoms with Gasteiger partial charge in [0, 0.05) is 50.3 Å². The summed E-state index contributed by atoms with van der Waals surface area (Å²) in [6, 6.07) is 0.427. The molecule has 0 aromatic heterocycles. The van der Waals surface area contributed by atoms with E-state index in [0.717, 1.165) is 6.54 Å². The molecule has 2 fully saturated rings. The molecular formula is C11H23N3S. The summed E-state index contributed by atoms with van der Waals surface area (Å²) in [5, 5.41) is 0. The fourth-order valence-electron chi connectivity index (χ4n) is 2.40. The van der Waals surface area contributed by atoms with Crippen molar-refractivity contribution in [2.45, 2.75) is 18.9 Å². The van der Waals surface area contributed by atoms with Crippen LogP contribution in [0.5, 0.6) is 0 Å². The van der Waals surface area contributed by atoms with E-state index in [1.165, 1.54) is 57.1 Å². The van der Waals surface area contributed by atoms with Gasteiger partial charge in [-0.1, -0.05) is 0 Å². The number of nitrogens with zero attached hydrogens (tertiary/aromatic N) is 2. The lowest BCUT2D eigenvalue weighted by Crippen LogP contribution is -2.46. The minimum absolute atomic E-state index is 0.427. The van der Waals surface area contributed by atoms with E-state index in [1.807, 2.05) is 0 Å². The molecule has 0 aliphatic carbocycles. The van der Waals surface area contributed by atoms with Crippen molar-refractivity contribution in [1.29, 1.82) is 0 Å². The van der Waals surface area contributed by atoms with Crippen LogP contribution in [0.3, 0.4) is 0 Å². The standard InChI is InChI=1S/C11H23N3S/c12-11-2-1-3-14(10-11)5-4-13-6-8-15-9-7-13/h11H,1-10,12H2. The van der Waals surface area contributed by atoms with Gasteiger partial charge in [-0.25, -0.2) is 0 Å². The summed E-state index contributed by atoms with van der Waals surface area (Å²) >= 11 is 2.09. The van der Waals surface area contributed by atoms with Crippen molar-refractivity contribution in [2.24, 2.45) is 5.73 Å². The number of thioether (sulfide) groups is 1. The second-order valence-corrected chi connectivity index (χ2v) is 5.88. The second-order valence-electron chi connectivity index (χ2n) is 4.66. The van der Waals surface area contributed by atoms with Crippen molar-refractivity contribution >= 4 is 11.8 Å². The van der Waals surface area contributed by atoms with E-state index in [1.54, 1.807) is 0 Å². The molecule has 0 saturated carbocycles. The van der Waals surface area contributed by atoms with Crippen LogP contribution in [0.25, 0.3) is 0 Å². The number of hydrogen-bond donors (Lipinski definition) is 1. The van der Waals surface area contributed by atoms with Crippen molar-refractivity contribution in [3.05, 3.63) is 0 Å². The Kier molecular flexibility index (Phi) is 4.75. The summed E-state index contributed by atoms with van der Waals surface area (Å²) in [6.45, 7) is 7.40. The quantitative estimate of drug-likeness (QED) is 0.762. The highest BCUT2D eigenvalue weighted by molar-refractivity contribution is 7.99. The van der Waals surface area contributed by atoms with E-state index in [9.17, 15) is 0 Å². The van der Waals surface area contributed by atoms with Crippen LogP contribution in [-0.4, -0.2) is 66.6 Å². The highest BCUT2D eigenvalue weighted by Gasteiger charge is 2.17. The molecule has 15 heavy (non-hydrogen) atoms. The molecular weight excluding hydrogens is 206 g/mol. The molecule has 0 spiro atoms. The van der Waals surface area contributed by atoms with Crippen LogP contribution in [0.1, 0.15) is 12.8 Å². The van der Waals surface area contributed by atoms with Crippen molar-refractivity contribution < 1.29 is 0 Å². The summed E-state index contributed by atoms with van der Waals surface area (Å²) in [4.78, 5) is 5.13. The molecule has 1 atom stereocenters. The largest absolute Gasteiger partial charge is 0.327 e. The Morgan fingerprint density at radius 3 is 2.53 bits per heavy atom. The molecule has 1 unspecified atom stereocenters. The Balaban J connectivity index is 1.63. The smallest absolute Gasteiger partial charge is 0.0168 e. The lowest BCUT2D eigenvalue weighted by atomic mass is 10.1. The van der Waals surface area contributed by atoms with Gasteiger partial charge in [0.15, 0.2) is 0 Å². The van der Waals surface area contributed by atoms with Crippen LogP contribution in [0.4, 0.5) is 0 Å². The van der Waals surface area contributed by atoms with Gasteiger partial charge in [0.05, 0.1) is 0 Å². The molecule has 2 aliphatic heterocycles. The molecule has 0 aromatic carbocycles. The molecule has 2 saturated heterocycles. The SMILES string of the molecule is NC1CCCN(CCN2CCSCC2)C1. The first-order valence-corrected chi connectivity index (χ1v) is 7.28. The maximum Gasteiger partial charge on any atom is 0.0168 e. The minimum Gasteiger partial charge on any atom is -0.327 e. The average molecular weight is 229 g/mol. The van der Waals surface area contributed by atoms with E-state index in [0.29, 0.717) is 6.04 Å². The van der Waals surface area contributed by atoms with Crippen LogP contribution >= 0.6 is 11.8 Å². The molecule has 0 amide bonds. The van der Waals surface area contributed by atoms with Gasteiger partial charge in [-0.3, -0.25) is 0 Å². The van der Waals surface area contributed by atoms with Crippen molar-refractivity contribution in [3.63, 3.8) is 0 Å². The first-order valence-electron chi connectivity index (χ1n) is 6.12. The molecule has 2 N–H and O–H groups in total. The van der Waals surface area contributed by atoms with E-state index >= 15 is 0 Å². The topological polar surface area (TPSA) is 32.5 Å². The minimum atomic E-state index is 0.427. The highest BCUT2D eigenvalue weighted by Crippen LogP contribution is 2.11. The summed E-state index contributed by atoms with van der Waals surface area (Å²) in [6.07, 6.45) is 2.51. The average Bonchev–Trinajstić information content (AvgIpc) is 2.28. The Morgan fingerprint density at radius 1 is 1.07 bits per heavy atom. The third-order valence-electron chi connectivity index (χ3n) is 3.38. The van der Waals surface area contributed by atoms with Crippen LogP contribution < -0.4 is 5.73 Å². The Morgan fingerprint density at radius 2 is 1.80 bits per heavy atom. The highest BCUT2D eigenvalue weighted by atomic mass is 32.2. The summed E-state index contributed by atoms with van der Waals surface area (Å²) in [5.74, 6) is 2.64. The predicted molar refractivity (Wildman–Crippen MR) is 67.4 cm³/mol. The molecule has 4 heteroatoms. The van der Waals surface area contributed by atoms with Gasteiger partial charge in [0.2, 0.25) is 0 Å². The zero-order valence-corrected chi connectivity index (χ0v) is 10.3. The van der Waals surface area contributed by atoms with Gasteiger partial charge >= 0.3 is 0 Å². The van der Waals surface area contributed by atoms with Crippen molar-refractivity contribution in [2.75, 3.05) is 50.8 Å². The normalized spacial score (nSPS) is 30.6. The fourth-order valence-corrected chi connectivity index (χ4v) is 3.38. The number of likely N-dealkylation sites (tertiary alicyclic amines) is 1. The van der Waals surface area contributed by atoms with Gasteiger partial charge in [-0.05, 0) is 19.4 Å². The van der Waals surface area contributed by atoms with E-state index < -0.39 is 0 Å². The Bertz CT molecular complexity index is 183. The fraction of sp³-hybridized carbons (Fsp3) is 1.00. The molecule has 0 aromatic rings. The predicted octanol–water partition coefficient (Wildman–Crippen LogP) is 0.458. The van der Waals surface area contributed by atoms with Crippen LogP contribution in [0.2, 0.25) is 0 Å². The molecule has 2 rings (SSSR count). The van der Waals surface area contributed by atoms with Gasteiger partial charge in [0.25, 0.3) is 0 Å². The second kappa shape index (κ2) is 6.09. The van der Waals surface area contributed by atoms with E-state index in [-0.39, 0.29) is 0 Å². The zero-order valence-electron chi connectivity index (χ0n) is 9.53. The number of rotatable bonds is 3. The number of hydrogen-bond acceptors (Lipinski definition) is 4. The maximum absolute atomic E-state index is 5.98. The molecule has 0 bridgehead atoms. The number of nitrogens with two attached hydrogens (primary N) is 1. The third kappa shape index (κ3) is 3.94. The van der Waals surface area contributed by atoms with E-state index in [2.05, 4.69) is 21.6 Å². The lowest BCUT2D eigenvalue weighted by molar-refractivity contribution is 0.176. The van der Waals surface area contributed by atoms with E-state index in [4.69, 9.17) is 5.73 Å². The van der Waals surface area contributed by atoms with Crippen molar-refractivity contribution in [1.82, 2.24) is 9.80 Å².